The number of amides is 1. The smallest absolute Gasteiger partial charge is 0.286 e. The van der Waals surface area contributed by atoms with E-state index in [1.54, 1.807) is 31.4 Å². The predicted octanol–water partition coefficient (Wildman–Crippen LogP) is 3.78. The zero-order chi connectivity index (χ0) is 17.6. The highest BCUT2D eigenvalue weighted by atomic mass is 32.2. The average Bonchev–Trinajstić information content (AvgIpc) is 3.10. The van der Waals surface area contributed by atoms with Crippen LogP contribution in [0.2, 0.25) is 0 Å². The second-order valence-electron chi connectivity index (χ2n) is 5.32. The molecule has 0 atom stereocenters. The summed E-state index contributed by atoms with van der Waals surface area (Å²) in [6.07, 6.45) is 0. The minimum atomic E-state index is -0.148. The van der Waals surface area contributed by atoms with Crippen molar-refractivity contribution >= 4 is 23.4 Å². The summed E-state index contributed by atoms with van der Waals surface area (Å²) >= 11 is 1.20. The van der Waals surface area contributed by atoms with Crippen LogP contribution in [-0.2, 0) is 4.79 Å². The summed E-state index contributed by atoms with van der Waals surface area (Å²) in [5.74, 6) is 1.28. The SMILES string of the molecule is COc1ccc(NC(=O)CSc2nc(-c3ccc(C)cc3)no2)cc1. The van der Waals surface area contributed by atoms with Crippen LogP contribution < -0.4 is 10.1 Å². The van der Waals surface area contributed by atoms with Crippen LogP contribution in [0.3, 0.4) is 0 Å². The number of methoxy groups -OCH3 is 1. The van der Waals surface area contributed by atoms with Crippen LogP contribution in [0.5, 0.6) is 5.75 Å². The molecule has 7 heteroatoms. The number of aryl methyl sites for hydroxylation is 1. The molecule has 1 amide bonds. The van der Waals surface area contributed by atoms with E-state index >= 15 is 0 Å². The normalized spacial score (nSPS) is 10.5. The van der Waals surface area contributed by atoms with Gasteiger partial charge in [0.1, 0.15) is 5.75 Å². The maximum Gasteiger partial charge on any atom is 0.286 e. The van der Waals surface area contributed by atoms with E-state index in [2.05, 4.69) is 15.5 Å². The number of carbonyl (C=O) groups is 1. The molecule has 0 aliphatic heterocycles. The summed E-state index contributed by atoms with van der Waals surface area (Å²) in [4.78, 5) is 16.3. The third kappa shape index (κ3) is 4.60. The molecule has 2 aromatic carbocycles. The molecule has 0 fully saturated rings. The first-order chi connectivity index (χ1) is 12.1. The highest BCUT2D eigenvalue weighted by Gasteiger charge is 2.11. The van der Waals surface area contributed by atoms with E-state index in [-0.39, 0.29) is 11.7 Å². The molecule has 0 aliphatic rings. The number of aromatic nitrogens is 2. The van der Waals surface area contributed by atoms with Crippen LogP contribution in [0.15, 0.2) is 58.3 Å². The van der Waals surface area contributed by atoms with Crippen molar-refractivity contribution in [1.82, 2.24) is 10.1 Å². The number of nitrogens with one attached hydrogen (secondary N) is 1. The lowest BCUT2D eigenvalue weighted by Gasteiger charge is -2.05. The third-order valence-electron chi connectivity index (χ3n) is 3.42. The zero-order valence-electron chi connectivity index (χ0n) is 13.9. The van der Waals surface area contributed by atoms with E-state index in [4.69, 9.17) is 9.26 Å². The number of nitrogens with zero attached hydrogens (tertiary/aromatic N) is 2. The number of hydrogen-bond acceptors (Lipinski definition) is 6. The fourth-order valence-electron chi connectivity index (χ4n) is 2.09. The summed E-state index contributed by atoms with van der Waals surface area (Å²) in [5.41, 5.74) is 2.75. The van der Waals surface area contributed by atoms with Crippen LogP contribution in [0.25, 0.3) is 11.4 Å². The number of ether oxygens (including phenoxy) is 1. The van der Waals surface area contributed by atoms with Gasteiger partial charge in [-0.1, -0.05) is 46.7 Å². The Bertz CT molecular complexity index is 845. The minimum absolute atomic E-state index is 0.148. The molecule has 0 radical (unpaired) electrons. The Kier molecular flexibility index (Phi) is 5.35. The molecule has 0 spiro atoms. The molecule has 6 nitrogen and oxygen atoms in total. The maximum absolute atomic E-state index is 12.0. The van der Waals surface area contributed by atoms with Crippen molar-refractivity contribution in [3.63, 3.8) is 0 Å². The summed E-state index contributed by atoms with van der Waals surface area (Å²) < 4.78 is 10.3. The van der Waals surface area contributed by atoms with Crippen molar-refractivity contribution in [1.29, 1.82) is 0 Å². The molecule has 0 aliphatic carbocycles. The molecular weight excluding hydrogens is 338 g/mol. The van der Waals surface area contributed by atoms with Crippen molar-refractivity contribution in [2.24, 2.45) is 0 Å². The number of carbonyl (C=O) groups excluding carboxylic acids is 1. The summed E-state index contributed by atoms with van der Waals surface area (Å²) in [6, 6.07) is 15.0. The lowest BCUT2D eigenvalue weighted by Crippen LogP contribution is -2.13. The predicted molar refractivity (Wildman–Crippen MR) is 96.8 cm³/mol. The lowest BCUT2D eigenvalue weighted by molar-refractivity contribution is -0.113. The number of rotatable bonds is 6. The van der Waals surface area contributed by atoms with E-state index in [9.17, 15) is 4.79 Å². The molecule has 0 saturated heterocycles. The van der Waals surface area contributed by atoms with Gasteiger partial charge in [0.25, 0.3) is 5.22 Å². The van der Waals surface area contributed by atoms with Crippen molar-refractivity contribution < 1.29 is 14.1 Å². The highest BCUT2D eigenvalue weighted by Crippen LogP contribution is 2.22. The Morgan fingerprint density at radius 3 is 2.56 bits per heavy atom. The summed E-state index contributed by atoms with van der Waals surface area (Å²) in [7, 11) is 1.60. The highest BCUT2D eigenvalue weighted by molar-refractivity contribution is 7.99. The topological polar surface area (TPSA) is 77.2 Å². The standard InChI is InChI=1S/C18H17N3O3S/c1-12-3-5-13(6-4-12)17-20-18(24-21-17)25-11-16(22)19-14-7-9-15(23-2)10-8-14/h3-10H,11H2,1-2H3,(H,19,22). The van der Waals surface area contributed by atoms with E-state index < -0.39 is 0 Å². The van der Waals surface area contributed by atoms with Gasteiger partial charge in [-0.15, -0.1) is 0 Å². The quantitative estimate of drug-likeness (QED) is 0.678. The van der Waals surface area contributed by atoms with Gasteiger partial charge in [-0.25, -0.2) is 0 Å². The molecule has 25 heavy (non-hydrogen) atoms. The van der Waals surface area contributed by atoms with E-state index in [1.807, 2.05) is 31.2 Å². The fraction of sp³-hybridized carbons (Fsp3) is 0.167. The molecular formula is C18H17N3O3S. The molecule has 0 saturated carbocycles. The molecule has 1 aromatic heterocycles. The van der Waals surface area contributed by atoms with Crippen LogP contribution >= 0.6 is 11.8 Å². The van der Waals surface area contributed by atoms with Crippen LogP contribution in [0.1, 0.15) is 5.56 Å². The van der Waals surface area contributed by atoms with Gasteiger partial charge in [0.15, 0.2) is 0 Å². The number of anilines is 1. The monoisotopic (exact) mass is 355 g/mol. The Hall–Kier alpha value is -2.80. The van der Waals surface area contributed by atoms with Crippen LogP contribution in [0, 0.1) is 6.92 Å². The lowest BCUT2D eigenvalue weighted by atomic mass is 10.1. The molecule has 0 bridgehead atoms. The van der Waals surface area contributed by atoms with Gasteiger partial charge in [-0.3, -0.25) is 4.79 Å². The maximum atomic E-state index is 12.0. The zero-order valence-corrected chi connectivity index (χ0v) is 14.7. The average molecular weight is 355 g/mol. The first kappa shape index (κ1) is 17.0. The van der Waals surface area contributed by atoms with Crippen molar-refractivity contribution in [3.05, 3.63) is 54.1 Å². The van der Waals surface area contributed by atoms with Gasteiger partial charge in [-0.05, 0) is 31.2 Å². The van der Waals surface area contributed by atoms with Gasteiger partial charge >= 0.3 is 0 Å². The molecule has 128 valence electrons. The fourth-order valence-corrected chi connectivity index (χ4v) is 2.65. The Morgan fingerprint density at radius 1 is 1.16 bits per heavy atom. The summed E-state index contributed by atoms with van der Waals surface area (Å²) in [5, 5.41) is 7.11. The largest absolute Gasteiger partial charge is 0.497 e. The third-order valence-corrected chi connectivity index (χ3v) is 4.24. The van der Waals surface area contributed by atoms with E-state index in [0.717, 1.165) is 16.9 Å². The molecule has 3 aromatic rings. The first-order valence-electron chi connectivity index (χ1n) is 7.61. The van der Waals surface area contributed by atoms with Crippen LogP contribution in [-0.4, -0.2) is 28.9 Å². The molecule has 1 heterocycles. The second kappa shape index (κ2) is 7.85. The van der Waals surface area contributed by atoms with E-state index in [1.165, 1.54) is 11.8 Å². The Labute approximate surface area is 149 Å². The minimum Gasteiger partial charge on any atom is -0.497 e. The van der Waals surface area contributed by atoms with E-state index in [0.29, 0.717) is 16.7 Å². The van der Waals surface area contributed by atoms with Gasteiger partial charge in [0.2, 0.25) is 11.7 Å². The number of benzene rings is 2. The van der Waals surface area contributed by atoms with Crippen molar-refractivity contribution in [3.8, 4) is 17.1 Å². The van der Waals surface area contributed by atoms with Crippen LogP contribution in [0.4, 0.5) is 5.69 Å². The van der Waals surface area contributed by atoms with Gasteiger partial charge in [0, 0.05) is 11.3 Å². The Balaban J connectivity index is 1.54. The van der Waals surface area contributed by atoms with Gasteiger partial charge in [0.05, 0.1) is 12.9 Å². The summed E-state index contributed by atoms with van der Waals surface area (Å²) in [6.45, 7) is 2.02. The molecule has 0 unspecified atom stereocenters. The number of hydrogen-bond donors (Lipinski definition) is 1. The Morgan fingerprint density at radius 2 is 1.88 bits per heavy atom. The van der Waals surface area contributed by atoms with Gasteiger partial charge < -0.3 is 14.6 Å². The molecule has 1 N–H and O–H groups in total. The molecule has 3 rings (SSSR count). The first-order valence-corrected chi connectivity index (χ1v) is 8.60. The second-order valence-corrected chi connectivity index (χ2v) is 6.24. The van der Waals surface area contributed by atoms with Crippen molar-refractivity contribution in [2.45, 2.75) is 12.1 Å². The van der Waals surface area contributed by atoms with Crippen molar-refractivity contribution in [2.75, 3.05) is 18.2 Å². The van der Waals surface area contributed by atoms with Gasteiger partial charge in [-0.2, -0.15) is 4.98 Å². The number of thioether (sulfide) groups is 1.